The molecule has 0 radical (unpaired) electrons. The van der Waals surface area contributed by atoms with E-state index in [4.69, 9.17) is 16.9 Å². The Morgan fingerprint density at radius 3 is 2.55 bits per heavy atom. The third-order valence-corrected chi connectivity index (χ3v) is 1.23. The lowest BCUT2D eigenvalue weighted by molar-refractivity contribution is 1.08. The minimum atomic E-state index is 0. The van der Waals surface area contributed by atoms with Crippen LogP contribution in [0.3, 0.4) is 0 Å². The van der Waals surface area contributed by atoms with Crippen molar-refractivity contribution in [3.05, 3.63) is 23.8 Å². The summed E-state index contributed by atoms with van der Waals surface area (Å²) in [7, 11) is 0. The highest BCUT2D eigenvalue weighted by atomic mass is 35.5. The van der Waals surface area contributed by atoms with E-state index in [1.807, 2.05) is 6.07 Å². The second-order valence-corrected chi connectivity index (χ2v) is 1.91. The van der Waals surface area contributed by atoms with E-state index in [0.29, 0.717) is 17.3 Å². The van der Waals surface area contributed by atoms with Gasteiger partial charge >= 0.3 is 0 Å². The number of hydrogen-bond donors (Lipinski definition) is 0. The largest absolute Gasteiger partial charge is 0.255 e. The predicted octanol–water partition coefficient (Wildman–Crippen LogP) is 1.51. The van der Waals surface area contributed by atoms with Gasteiger partial charge in [-0.05, 0) is 0 Å². The van der Waals surface area contributed by atoms with E-state index < -0.39 is 0 Å². The molecule has 0 bridgehead atoms. The van der Waals surface area contributed by atoms with Gasteiger partial charge in [-0.15, -0.1) is 24.0 Å². The molecular formula is C6H5Cl2N3. The molecule has 0 fully saturated rings. The van der Waals surface area contributed by atoms with E-state index in [2.05, 4.69) is 9.97 Å². The van der Waals surface area contributed by atoms with Gasteiger partial charge in [-0.2, -0.15) is 5.26 Å². The topological polar surface area (TPSA) is 49.6 Å². The van der Waals surface area contributed by atoms with Gasteiger partial charge in [0, 0.05) is 0 Å². The molecule has 0 atom stereocenters. The quantitative estimate of drug-likeness (QED) is 0.630. The Morgan fingerprint density at radius 1 is 1.45 bits per heavy atom. The molecule has 0 aliphatic carbocycles. The van der Waals surface area contributed by atoms with Gasteiger partial charge in [-0.1, -0.05) is 0 Å². The normalized spacial score (nSPS) is 8.00. The molecule has 0 aliphatic heterocycles. The second kappa shape index (κ2) is 4.89. The third-order valence-electron chi connectivity index (χ3n) is 0.957. The van der Waals surface area contributed by atoms with Crippen molar-refractivity contribution in [3.8, 4) is 6.07 Å². The van der Waals surface area contributed by atoms with Gasteiger partial charge in [-0.25, -0.2) is 4.98 Å². The molecule has 3 nitrogen and oxygen atoms in total. The smallest absolute Gasteiger partial charge is 0.158 e. The van der Waals surface area contributed by atoms with Crippen LogP contribution in [0.25, 0.3) is 0 Å². The van der Waals surface area contributed by atoms with E-state index in [0.717, 1.165) is 0 Å². The molecule has 11 heavy (non-hydrogen) atoms. The van der Waals surface area contributed by atoms with Gasteiger partial charge in [-0.3, -0.25) is 4.98 Å². The molecule has 0 saturated heterocycles. The van der Waals surface area contributed by atoms with Crippen LogP contribution in [0, 0.1) is 11.3 Å². The molecule has 0 unspecified atom stereocenters. The van der Waals surface area contributed by atoms with Crippen LogP contribution in [-0.2, 0) is 5.88 Å². The standard InChI is InChI=1S/C6H4ClN3.ClH/c7-1-5-3-10-6(2-8)4-9-5;/h3-4H,1H2;1H. The molecule has 1 aromatic rings. The first-order valence-corrected chi connectivity index (χ1v) is 3.17. The van der Waals surface area contributed by atoms with Crippen molar-refractivity contribution in [1.82, 2.24) is 9.97 Å². The number of rotatable bonds is 1. The Morgan fingerprint density at radius 2 is 2.18 bits per heavy atom. The molecular weight excluding hydrogens is 185 g/mol. The van der Waals surface area contributed by atoms with Crippen LogP contribution in [0.4, 0.5) is 0 Å². The van der Waals surface area contributed by atoms with Crippen molar-refractivity contribution in [2.24, 2.45) is 0 Å². The summed E-state index contributed by atoms with van der Waals surface area (Å²) in [5.74, 6) is 0.332. The predicted molar refractivity (Wildman–Crippen MR) is 43.6 cm³/mol. The summed E-state index contributed by atoms with van der Waals surface area (Å²) >= 11 is 5.44. The van der Waals surface area contributed by atoms with Crippen LogP contribution >= 0.6 is 24.0 Å². The second-order valence-electron chi connectivity index (χ2n) is 1.64. The third kappa shape index (κ3) is 2.71. The van der Waals surface area contributed by atoms with Gasteiger partial charge in [0.25, 0.3) is 0 Å². The molecule has 0 amide bonds. The van der Waals surface area contributed by atoms with Gasteiger partial charge < -0.3 is 0 Å². The maximum absolute atomic E-state index is 8.32. The Labute approximate surface area is 75.4 Å². The first-order chi connectivity index (χ1) is 4.86. The van der Waals surface area contributed by atoms with Crippen LogP contribution in [-0.4, -0.2) is 9.97 Å². The van der Waals surface area contributed by atoms with Gasteiger partial charge in [0.15, 0.2) is 5.69 Å². The summed E-state index contributed by atoms with van der Waals surface area (Å²) < 4.78 is 0. The van der Waals surface area contributed by atoms with Gasteiger partial charge in [0.2, 0.25) is 0 Å². The number of hydrogen-bond acceptors (Lipinski definition) is 3. The fourth-order valence-corrected chi connectivity index (χ4v) is 0.620. The van der Waals surface area contributed by atoms with Crippen molar-refractivity contribution in [3.63, 3.8) is 0 Å². The summed E-state index contributed by atoms with van der Waals surface area (Å²) in [5, 5.41) is 8.32. The highest BCUT2D eigenvalue weighted by molar-refractivity contribution is 6.16. The summed E-state index contributed by atoms with van der Waals surface area (Å²) in [6.45, 7) is 0. The first-order valence-electron chi connectivity index (χ1n) is 2.64. The lowest BCUT2D eigenvalue weighted by Crippen LogP contribution is -1.89. The molecule has 1 aromatic heterocycles. The molecule has 5 heteroatoms. The molecule has 1 heterocycles. The van der Waals surface area contributed by atoms with Crippen molar-refractivity contribution in [2.75, 3.05) is 0 Å². The van der Waals surface area contributed by atoms with Crippen LogP contribution in [0.2, 0.25) is 0 Å². The zero-order chi connectivity index (χ0) is 7.40. The van der Waals surface area contributed by atoms with Crippen molar-refractivity contribution < 1.29 is 0 Å². The monoisotopic (exact) mass is 189 g/mol. The average molecular weight is 190 g/mol. The summed E-state index contributed by atoms with van der Waals surface area (Å²) in [5.41, 5.74) is 0.995. The lowest BCUT2D eigenvalue weighted by atomic mass is 10.4. The zero-order valence-electron chi connectivity index (χ0n) is 5.49. The molecule has 58 valence electrons. The molecule has 0 aliphatic rings. The molecule has 1 rings (SSSR count). The van der Waals surface area contributed by atoms with Crippen LogP contribution in [0.5, 0.6) is 0 Å². The van der Waals surface area contributed by atoms with E-state index >= 15 is 0 Å². The number of alkyl halides is 1. The highest BCUT2D eigenvalue weighted by Crippen LogP contribution is 1.96. The van der Waals surface area contributed by atoms with E-state index in [9.17, 15) is 0 Å². The molecule has 0 N–H and O–H groups in total. The molecule has 0 aromatic carbocycles. The fourth-order valence-electron chi connectivity index (χ4n) is 0.482. The zero-order valence-corrected chi connectivity index (χ0v) is 7.06. The maximum atomic E-state index is 8.32. The maximum Gasteiger partial charge on any atom is 0.158 e. The van der Waals surface area contributed by atoms with Crippen LogP contribution < -0.4 is 0 Å². The van der Waals surface area contributed by atoms with Crippen molar-refractivity contribution >= 4 is 24.0 Å². The molecule has 0 saturated carbocycles. The molecule has 0 spiro atoms. The van der Waals surface area contributed by atoms with Crippen LogP contribution in [0.1, 0.15) is 11.4 Å². The number of aromatic nitrogens is 2. The van der Waals surface area contributed by atoms with E-state index in [1.165, 1.54) is 12.4 Å². The number of nitriles is 1. The number of halogens is 2. The Balaban J connectivity index is 0.000001000. The lowest BCUT2D eigenvalue weighted by Gasteiger charge is -1.90. The Kier molecular flexibility index (Phi) is 4.51. The van der Waals surface area contributed by atoms with Crippen molar-refractivity contribution in [1.29, 1.82) is 5.26 Å². The highest BCUT2D eigenvalue weighted by Gasteiger charge is 1.92. The first kappa shape index (κ1) is 10.2. The SMILES string of the molecule is Cl.N#Cc1cnc(CCl)cn1. The Hall–Kier alpha value is -0.850. The fraction of sp³-hybridized carbons (Fsp3) is 0.167. The average Bonchev–Trinajstić information content (AvgIpc) is 2.05. The minimum absolute atomic E-state index is 0. The van der Waals surface area contributed by atoms with Crippen LogP contribution in [0.15, 0.2) is 12.4 Å². The van der Waals surface area contributed by atoms with E-state index in [-0.39, 0.29) is 12.4 Å². The summed E-state index contributed by atoms with van der Waals surface area (Å²) in [4.78, 5) is 7.61. The van der Waals surface area contributed by atoms with Crippen molar-refractivity contribution in [2.45, 2.75) is 5.88 Å². The summed E-state index contributed by atoms with van der Waals surface area (Å²) in [6.07, 6.45) is 2.89. The summed E-state index contributed by atoms with van der Waals surface area (Å²) in [6, 6.07) is 1.86. The van der Waals surface area contributed by atoms with E-state index in [1.54, 1.807) is 0 Å². The number of nitrogens with zero attached hydrogens (tertiary/aromatic N) is 3. The Bertz CT molecular complexity index is 252. The van der Waals surface area contributed by atoms with Gasteiger partial charge in [0.05, 0.1) is 24.0 Å². The van der Waals surface area contributed by atoms with Gasteiger partial charge in [0.1, 0.15) is 6.07 Å². The minimum Gasteiger partial charge on any atom is -0.255 e.